The van der Waals surface area contributed by atoms with Gasteiger partial charge in [0.2, 0.25) is 0 Å². The number of carbonyl (C=O) groups is 1. The minimum atomic E-state index is -0.897. The third-order valence-electron chi connectivity index (χ3n) is 5.49. The number of hydrogen-bond acceptors (Lipinski definition) is 4. The Bertz CT molecular complexity index is 560. The van der Waals surface area contributed by atoms with Gasteiger partial charge >= 0.3 is 6.09 Å². The molecule has 1 aliphatic carbocycles. The van der Waals surface area contributed by atoms with Gasteiger partial charge in [-0.1, -0.05) is 30.3 Å². The first-order chi connectivity index (χ1) is 11.2. The van der Waals surface area contributed by atoms with Gasteiger partial charge in [0.05, 0.1) is 12.7 Å². The van der Waals surface area contributed by atoms with Gasteiger partial charge in [-0.2, -0.15) is 0 Å². The number of fused-ring (bicyclic) bond motifs is 5. The van der Waals surface area contributed by atoms with Crippen molar-refractivity contribution in [3.8, 4) is 0 Å². The summed E-state index contributed by atoms with van der Waals surface area (Å²) in [6.07, 6.45) is 1.72. The summed E-state index contributed by atoms with van der Waals surface area (Å²) in [5.74, 6) is 1.21. The third-order valence-corrected chi connectivity index (χ3v) is 5.49. The van der Waals surface area contributed by atoms with E-state index < -0.39 is 6.29 Å². The van der Waals surface area contributed by atoms with Crippen molar-refractivity contribution in [2.24, 2.45) is 11.8 Å². The molecule has 2 heterocycles. The molecule has 0 radical (unpaired) electrons. The van der Waals surface area contributed by atoms with Crippen LogP contribution in [0.25, 0.3) is 0 Å². The summed E-state index contributed by atoms with van der Waals surface area (Å²) in [5.41, 5.74) is 0.776. The van der Waals surface area contributed by atoms with Crippen molar-refractivity contribution in [1.82, 2.24) is 4.90 Å². The standard InChI is InChI=1S/C18H23NO4/c1-2-22-18(21)19-15-8-12(9-16(19)14-10-13(14)15)23-17(20)11-6-4-3-5-7-11/h3-7,12-17,20H,2,8-10H2,1H3/t12?,13-,14+,15?,16?,17?. The minimum absolute atomic E-state index is 0.00122. The number of ether oxygens (including phenoxy) is 2. The Morgan fingerprint density at radius 2 is 1.87 bits per heavy atom. The Balaban J connectivity index is 1.42. The summed E-state index contributed by atoms with van der Waals surface area (Å²) in [5, 5.41) is 10.3. The van der Waals surface area contributed by atoms with Crippen LogP contribution in [0.5, 0.6) is 0 Å². The normalized spacial score (nSPS) is 35.6. The number of aliphatic hydroxyl groups excluding tert-OH is 1. The molecule has 5 nitrogen and oxygen atoms in total. The highest BCUT2D eigenvalue weighted by Crippen LogP contribution is 2.59. The van der Waals surface area contributed by atoms with Crippen LogP contribution in [0.15, 0.2) is 30.3 Å². The van der Waals surface area contributed by atoms with Crippen molar-refractivity contribution in [2.75, 3.05) is 6.61 Å². The molecule has 1 aromatic rings. The second-order valence-electron chi connectivity index (χ2n) is 6.80. The zero-order valence-corrected chi connectivity index (χ0v) is 13.3. The number of hydrogen-bond donors (Lipinski definition) is 1. The van der Waals surface area contributed by atoms with Crippen LogP contribution in [0.2, 0.25) is 0 Å². The van der Waals surface area contributed by atoms with Crippen LogP contribution < -0.4 is 0 Å². The molecule has 4 rings (SSSR count). The van der Waals surface area contributed by atoms with E-state index >= 15 is 0 Å². The highest BCUT2D eigenvalue weighted by molar-refractivity contribution is 5.70. The summed E-state index contributed by atoms with van der Waals surface area (Å²) < 4.78 is 11.1. The highest BCUT2D eigenvalue weighted by Gasteiger charge is 2.63. The van der Waals surface area contributed by atoms with Gasteiger partial charge in [-0.05, 0) is 38.0 Å². The molecule has 1 saturated carbocycles. The molecular formula is C18H23NO4. The van der Waals surface area contributed by atoms with E-state index in [0.29, 0.717) is 18.4 Å². The van der Waals surface area contributed by atoms with Gasteiger partial charge in [0.25, 0.3) is 0 Å². The van der Waals surface area contributed by atoms with Gasteiger partial charge in [0.1, 0.15) is 0 Å². The van der Waals surface area contributed by atoms with Crippen molar-refractivity contribution < 1.29 is 19.4 Å². The summed E-state index contributed by atoms with van der Waals surface area (Å²) in [4.78, 5) is 14.1. The van der Waals surface area contributed by atoms with E-state index in [2.05, 4.69) is 0 Å². The number of nitrogens with zero attached hydrogens (tertiary/aromatic N) is 1. The fourth-order valence-electron chi connectivity index (χ4n) is 4.45. The lowest BCUT2D eigenvalue weighted by Crippen LogP contribution is -2.51. The molecule has 3 fully saturated rings. The number of benzene rings is 1. The van der Waals surface area contributed by atoms with Gasteiger partial charge in [-0.15, -0.1) is 0 Å². The average molecular weight is 317 g/mol. The first-order valence-electron chi connectivity index (χ1n) is 8.52. The van der Waals surface area contributed by atoms with Crippen molar-refractivity contribution in [3.63, 3.8) is 0 Å². The molecule has 1 aromatic carbocycles. The van der Waals surface area contributed by atoms with E-state index in [-0.39, 0.29) is 24.3 Å². The molecule has 1 amide bonds. The molecule has 2 aliphatic heterocycles. The quantitative estimate of drug-likeness (QED) is 0.868. The Labute approximate surface area is 136 Å². The van der Waals surface area contributed by atoms with Crippen LogP contribution >= 0.6 is 0 Å². The second kappa shape index (κ2) is 5.80. The van der Waals surface area contributed by atoms with Crippen LogP contribution in [0.3, 0.4) is 0 Å². The maximum atomic E-state index is 12.2. The summed E-state index contributed by atoms with van der Waals surface area (Å²) in [7, 11) is 0. The number of piperidine rings is 2. The molecule has 1 N–H and O–H groups in total. The zero-order chi connectivity index (χ0) is 16.0. The van der Waals surface area contributed by atoms with Crippen molar-refractivity contribution in [1.29, 1.82) is 0 Å². The molecule has 0 spiro atoms. The third kappa shape index (κ3) is 2.62. The van der Waals surface area contributed by atoms with E-state index in [1.807, 2.05) is 42.2 Å². The molecule has 124 valence electrons. The number of rotatable bonds is 4. The number of aliphatic hydroxyl groups is 1. The average Bonchev–Trinajstić information content (AvgIpc) is 3.32. The Kier molecular flexibility index (Phi) is 3.77. The van der Waals surface area contributed by atoms with E-state index in [1.165, 1.54) is 6.42 Å². The minimum Gasteiger partial charge on any atom is -0.450 e. The summed E-state index contributed by atoms with van der Waals surface area (Å²) in [6.45, 7) is 2.25. The molecular weight excluding hydrogens is 294 g/mol. The molecule has 4 unspecified atom stereocenters. The van der Waals surface area contributed by atoms with E-state index in [0.717, 1.165) is 18.4 Å². The fraction of sp³-hybridized carbons (Fsp3) is 0.611. The van der Waals surface area contributed by atoms with Crippen LogP contribution in [-0.2, 0) is 9.47 Å². The Morgan fingerprint density at radius 1 is 1.22 bits per heavy atom. The Morgan fingerprint density at radius 3 is 2.48 bits per heavy atom. The molecule has 6 atom stereocenters. The number of carbonyl (C=O) groups excluding carboxylic acids is 1. The zero-order valence-electron chi connectivity index (χ0n) is 13.3. The van der Waals surface area contributed by atoms with Gasteiger partial charge < -0.3 is 19.5 Å². The molecule has 3 aliphatic rings. The first kappa shape index (κ1) is 15.0. The van der Waals surface area contributed by atoms with Crippen molar-refractivity contribution >= 4 is 6.09 Å². The lowest BCUT2D eigenvalue weighted by Gasteiger charge is -2.41. The molecule has 2 bridgehead atoms. The lowest BCUT2D eigenvalue weighted by atomic mass is 9.95. The molecule has 5 heteroatoms. The van der Waals surface area contributed by atoms with Gasteiger partial charge in [0, 0.05) is 17.6 Å². The molecule has 2 saturated heterocycles. The number of amides is 1. The lowest BCUT2D eigenvalue weighted by molar-refractivity contribution is -0.159. The van der Waals surface area contributed by atoms with Gasteiger partial charge in [-0.25, -0.2) is 4.79 Å². The monoisotopic (exact) mass is 317 g/mol. The topological polar surface area (TPSA) is 59.0 Å². The maximum Gasteiger partial charge on any atom is 0.410 e. The predicted octanol–water partition coefficient (Wildman–Crippen LogP) is 2.70. The van der Waals surface area contributed by atoms with Crippen LogP contribution in [0.4, 0.5) is 4.79 Å². The van der Waals surface area contributed by atoms with E-state index in [4.69, 9.17) is 9.47 Å². The summed E-state index contributed by atoms with van der Waals surface area (Å²) >= 11 is 0. The van der Waals surface area contributed by atoms with Gasteiger partial charge in [-0.3, -0.25) is 0 Å². The second-order valence-corrected chi connectivity index (χ2v) is 6.80. The van der Waals surface area contributed by atoms with Crippen LogP contribution in [-0.4, -0.2) is 40.9 Å². The predicted molar refractivity (Wildman–Crippen MR) is 83.5 cm³/mol. The fourth-order valence-corrected chi connectivity index (χ4v) is 4.45. The first-order valence-corrected chi connectivity index (χ1v) is 8.52. The SMILES string of the molecule is CCOC(=O)N1C2CC(OC(O)c3ccccc3)CC1[C@@H]1C[C@H]21. The maximum absolute atomic E-state index is 12.2. The Hall–Kier alpha value is -1.59. The largest absolute Gasteiger partial charge is 0.450 e. The highest BCUT2D eigenvalue weighted by atomic mass is 16.6. The van der Waals surface area contributed by atoms with E-state index in [9.17, 15) is 9.90 Å². The summed E-state index contributed by atoms with van der Waals surface area (Å²) in [6, 6.07) is 9.86. The van der Waals surface area contributed by atoms with E-state index in [1.54, 1.807) is 0 Å². The van der Waals surface area contributed by atoms with Crippen molar-refractivity contribution in [2.45, 2.75) is 50.7 Å². The van der Waals surface area contributed by atoms with Crippen LogP contribution in [0.1, 0.15) is 38.0 Å². The molecule has 0 aromatic heterocycles. The van der Waals surface area contributed by atoms with Crippen molar-refractivity contribution in [3.05, 3.63) is 35.9 Å². The van der Waals surface area contributed by atoms with Crippen LogP contribution in [0, 0.1) is 11.8 Å². The smallest absolute Gasteiger partial charge is 0.410 e. The van der Waals surface area contributed by atoms with Gasteiger partial charge in [0.15, 0.2) is 6.29 Å². The molecule has 23 heavy (non-hydrogen) atoms.